The molecule has 0 atom stereocenters. The Morgan fingerprint density at radius 1 is 1.44 bits per heavy atom. The van der Waals surface area contributed by atoms with Crippen molar-refractivity contribution < 1.29 is 4.39 Å². The van der Waals surface area contributed by atoms with Crippen molar-refractivity contribution in [1.82, 2.24) is 0 Å². The number of hydrogen-bond donors (Lipinski definition) is 0. The van der Waals surface area contributed by atoms with Crippen LogP contribution in [0.25, 0.3) is 0 Å². The number of nitriles is 1. The summed E-state index contributed by atoms with van der Waals surface area (Å²) >= 11 is 3.12. The molecule has 1 rings (SSSR count). The number of halogens is 2. The van der Waals surface area contributed by atoms with Crippen molar-refractivity contribution in [3.05, 3.63) is 28.5 Å². The third-order valence-electron chi connectivity index (χ3n) is 2.26. The Kier molecular flexibility index (Phi) is 5.27. The third-order valence-corrected chi connectivity index (χ3v) is 2.90. The van der Waals surface area contributed by atoms with E-state index in [9.17, 15) is 4.39 Å². The van der Waals surface area contributed by atoms with Gasteiger partial charge in [0.05, 0.1) is 17.0 Å². The van der Waals surface area contributed by atoms with Crippen molar-refractivity contribution in [3.8, 4) is 6.07 Å². The van der Waals surface area contributed by atoms with Crippen LogP contribution in [0.4, 0.5) is 10.1 Å². The van der Waals surface area contributed by atoms with Gasteiger partial charge in [0.15, 0.2) is 0 Å². The van der Waals surface area contributed by atoms with E-state index in [-0.39, 0.29) is 5.82 Å². The standard InChI is InChI=1S/C12H14BrFN2/c1-2-7-16(8-3-6-15)10-4-5-11(13)12(14)9-10/h4-5,9H,2-3,7-8H2,1H3. The van der Waals surface area contributed by atoms with E-state index in [2.05, 4.69) is 28.9 Å². The van der Waals surface area contributed by atoms with Gasteiger partial charge in [-0.2, -0.15) is 5.26 Å². The average molecular weight is 285 g/mol. The fourth-order valence-electron chi connectivity index (χ4n) is 1.51. The van der Waals surface area contributed by atoms with E-state index >= 15 is 0 Å². The number of hydrogen-bond acceptors (Lipinski definition) is 2. The van der Waals surface area contributed by atoms with Crippen LogP contribution in [-0.4, -0.2) is 13.1 Å². The highest BCUT2D eigenvalue weighted by Crippen LogP contribution is 2.22. The molecular weight excluding hydrogens is 271 g/mol. The summed E-state index contributed by atoms with van der Waals surface area (Å²) in [5.41, 5.74) is 0.831. The molecule has 0 aliphatic carbocycles. The summed E-state index contributed by atoms with van der Waals surface area (Å²) in [7, 11) is 0. The Hall–Kier alpha value is -1.08. The largest absolute Gasteiger partial charge is 0.370 e. The molecule has 0 bridgehead atoms. The molecule has 86 valence electrons. The lowest BCUT2D eigenvalue weighted by molar-refractivity contribution is 0.619. The number of benzene rings is 1. The van der Waals surface area contributed by atoms with Gasteiger partial charge in [0.2, 0.25) is 0 Å². The van der Waals surface area contributed by atoms with Crippen LogP contribution < -0.4 is 4.90 Å². The first-order valence-electron chi connectivity index (χ1n) is 5.26. The first kappa shape index (κ1) is 13.0. The molecule has 0 spiro atoms. The Labute approximate surface area is 104 Å². The minimum Gasteiger partial charge on any atom is -0.370 e. The second-order valence-electron chi connectivity index (χ2n) is 3.49. The fraction of sp³-hybridized carbons (Fsp3) is 0.417. The van der Waals surface area contributed by atoms with Crippen LogP contribution in [-0.2, 0) is 0 Å². The zero-order valence-electron chi connectivity index (χ0n) is 9.21. The van der Waals surface area contributed by atoms with Gasteiger partial charge in [-0.15, -0.1) is 0 Å². The van der Waals surface area contributed by atoms with Crippen molar-refractivity contribution in [3.63, 3.8) is 0 Å². The van der Waals surface area contributed by atoms with Crippen LogP contribution in [0.2, 0.25) is 0 Å². The normalized spacial score (nSPS) is 9.88. The lowest BCUT2D eigenvalue weighted by Crippen LogP contribution is -2.25. The van der Waals surface area contributed by atoms with Crippen molar-refractivity contribution >= 4 is 21.6 Å². The molecule has 2 nitrogen and oxygen atoms in total. The number of anilines is 1. The van der Waals surface area contributed by atoms with E-state index in [1.165, 1.54) is 6.07 Å². The van der Waals surface area contributed by atoms with Gasteiger partial charge >= 0.3 is 0 Å². The van der Waals surface area contributed by atoms with Crippen LogP contribution in [0.3, 0.4) is 0 Å². The molecule has 0 saturated carbocycles. The molecule has 0 radical (unpaired) electrons. The second-order valence-corrected chi connectivity index (χ2v) is 4.35. The minimum absolute atomic E-state index is 0.268. The number of rotatable bonds is 5. The van der Waals surface area contributed by atoms with E-state index < -0.39 is 0 Å². The summed E-state index contributed by atoms with van der Waals surface area (Å²) in [4.78, 5) is 2.03. The van der Waals surface area contributed by atoms with Gasteiger partial charge in [0.1, 0.15) is 5.82 Å². The average Bonchev–Trinajstić information content (AvgIpc) is 2.28. The molecule has 1 aromatic rings. The summed E-state index contributed by atoms with van der Waals surface area (Å²) in [5, 5.41) is 8.57. The zero-order valence-corrected chi connectivity index (χ0v) is 10.8. The molecule has 0 saturated heterocycles. The molecule has 0 aliphatic rings. The van der Waals surface area contributed by atoms with Gasteiger partial charge in [-0.1, -0.05) is 6.92 Å². The molecule has 0 fully saturated rings. The lowest BCUT2D eigenvalue weighted by Gasteiger charge is -2.23. The van der Waals surface area contributed by atoms with Gasteiger partial charge < -0.3 is 4.90 Å². The van der Waals surface area contributed by atoms with E-state index in [0.717, 1.165) is 18.7 Å². The predicted molar refractivity (Wildman–Crippen MR) is 66.8 cm³/mol. The zero-order chi connectivity index (χ0) is 12.0. The van der Waals surface area contributed by atoms with E-state index in [4.69, 9.17) is 5.26 Å². The van der Waals surface area contributed by atoms with E-state index in [0.29, 0.717) is 17.4 Å². The van der Waals surface area contributed by atoms with Crippen LogP contribution in [0, 0.1) is 17.1 Å². The van der Waals surface area contributed by atoms with Crippen LogP contribution in [0.15, 0.2) is 22.7 Å². The Morgan fingerprint density at radius 3 is 2.75 bits per heavy atom. The predicted octanol–water partition coefficient (Wildman–Crippen LogP) is 3.72. The van der Waals surface area contributed by atoms with E-state index in [1.807, 2.05) is 11.0 Å². The van der Waals surface area contributed by atoms with Crippen LogP contribution >= 0.6 is 15.9 Å². The molecule has 0 N–H and O–H groups in total. The molecule has 0 heterocycles. The maximum Gasteiger partial charge on any atom is 0.139 e. The van der Waals surface area contributed by atoms with Gasteiger partial charge in [-0.25, -0.2) is 4.39 Å². The van der Waals surface area contributed by atoms with Crippen molar-refractivity contribution in [1.29, 1.82) is 5.26 Å². The summed E-state index contributed by atoms with van der Waals surface area (Å²) in [6, 6.07) is 7.16. The first-order valence-corrected chi connectivity index (χ1v) is 6.05. The maximum atomic E-state index is 13.4. The third kappa shape index (κ3) is 3.49. The Balaban J connectivity index is 2.83. The monoisotopic (exact) mass is 284 g/mol. The van der Waals surface area contributed by atoms with Crippen LogP contribution in [0.5, 0.6) is 0 Å². The molecule has 0 aliphatic heterocycles. The molecule has 1 aromatic carbocycles. The maximum absolute atomic E-state index is 13.4. The Bertz CT molecular complexity index is 387. The van der Waals surface area contributed by atoms with Crippen molar-refractivity contribution in [2.24, 2.45) is 0 Å². The molecule has 0 amide bonds. The van der Waals surface area contributed by atoms with Gasteiger partial charge in [-0.3, -0.25) is 0 Å². The van der Waals surface area contributed by atoms with Crippen molar-refractivity contribution in [2.45, 2.75) is 19.8 Å². The molecule has 0 aromatic heterocycles. The molecular formula is C12H14BrFN2. The summed E-state index contributed by atoms with van der Waals surface area (Å²) in [6.45, 7) is 3.54. The Morgan fingerprint density at radius 2 is 2.19 bits per heavy atom. The second kappa shape index (κ2) is 6.49. The molecule has 0 unspecified atom stereocenters. The van der Waals surface area contributed by atoms with Gasteiger partial charge in [0.25, 0.3) is 0 Å². The van der Waals surface area contributed by atoms with Gasteiger partial charge in [0, 0.05) is 18.8 Å². The highest BCUT2D eigenvalue weighted by molar-refractivity contribution is 9.10. The summed E-state index contributed by atoms with van der Waals surface area (Å²) in [6.07, 6.45) is 1.43. The quantitative estimate of drug-likeness (QED) is 0.824. The SMILES string of the molecule is CCCN(CCC#N)c1ccc(Br)c(F)c1. The highest BCUT2D eigenvalue weighted by Gasteiger charge is 2.07. The van der Waals surface area contributed by atoms with Gasteiger partial charge in [-0.05, 0) is 40.5 Å². The highest BCUT2D eigenvalue weighted by atomic mass is 79.9. The minimum atomic E-state index is -0.268. The topological polar surface area (TPSA) is 27.0 Å². The molecule has 16 heavy (non-hydrogen) atoms. The van der Waals surface area contributed by atoms with Crippen LogP contribution in [0.1, 0.15) is 19.8 Å². The van der Waals surface area contributed by atoms with E-state index in [1.54, 1.807) is 6.07 Å². The number of nitrogens with zero attached hydrogens (tertiary/aromatic N) is 2. The smallest absolute Gasteiger partial charge is 0.139 e. The lowest BCUT2D eigenvalue weighted by atomic mass is 10.2. The summed E-state index contributed by atoms with van der Waals surface area (Å²) in [5.74, 6) is -0.268. The molecule has 4 heteroatoms. The van der Waals surface area contributed by atoms with Crippen molar-refractivity contribution in [2.75, 3.05) is 18.0 Å². The first-order chi connectivity index (χ1) is 7.69. The summed E-state index contributed by atoms with van der Waals surface area (Å²) < 4.78 is 13.8. The fourth-order valence-corrected chi connectivity index (χ4v) is 1.75.